The number of rotatable bonds is 0. The van der Waals surface area contributed by atoms with E-state index in [0.29, 0.717) is 45.9 Å². The molecular formula is C35H26N8Zn-4. The molecule has 3 aromatic heterocycles. The number of nitrogens with one attached hydrogen (secondary N) is 1. The van der Waals surface area contributed by atoms with E-state index in [2.05, 4.69) is 4.98 Å². The minimum atomic E-state index is 0. The van der Waals surface area contributed by atoms with Crippen molar-refractivity contribution in [3.8, 4) is 45.6 Å². The van der Waals surface area contributed by atoms with Crippen molar-refractivity contribution in [3.05, 3.63) is 119 Å². The van der Waals surface area contributed by atoms with Crippen LogP contribution in [0.3, 0.4) is 0 Å². The maximum Gasteiger partial charge on any atom is 0.163 e. The van der Waals surface area contributed by atoms with Crippen LogP contribution in [0.5, 0.6) is 0 Å². The van der Waals surface area contributed by atoms with E-state index in [1.165, 1.54) is 0 Å². The number of hydrogen-bond donors (Lipinski definition) is 1. The Labute approximate surface area is 267 Å². The van der Waals surface area contributed by atoms with Crippen molar-refractivity contribution in [3.63, 3.8) is 0 Å². The Morgan fingerprint density at radius 2 is 0.705 bits per heavy atom. The van der Waals surface area contributed by atoms with Crippen molar-refractivity contribution >= 4 is 44.1 Å². The molecule has 0 radical (unpaired) electrons. The second-order valence-electron chi connectivity index (χ2n) is 9.73. The van der Waals surface area contributed by atoms with Gasteiger partial charge in [-0.15, -0.1) is 0 Å². The van der Waals surface area contributed by atoms with Crippen molar-refractivity contribution < 1.29 is 19.5 Å². The minimum absolute atomic E-state index is 0. The first-order valence-electron chi connectivity index (χ1n) is 12.9. The summed E-state index contributed by atoms with van der Waals surface area (Å²) in [7, 11) is 0. The van der Waals surface area contributed by atoms with E-state index < -0.39 is 0 Å². The maximum absolute atomic E-state index is 5.00. The first-order chi connectivity index (χ1) is 19.8. The monoisotopic (exact) mass is 622 g/mol. The summed E-state index contributed by atoms with van der Waals surface area (Å²) >= 11 is 0. The van der Waals surface area contributed by atoms with Crippen LogP contribution in [0.4, 0.5) is 0 Å². The minimum Gasteiger partial charge on any atom is -0.358 e. The number of fused-ring (bicyclic) bond motifs is 20. The van der Waals surface area contributed by atoms with Crippen LogP contribution < -0.4 is 4.98 Å². The SMILES string of the molecule is [CH3-].[CH3-].[CH3-].[Zn].c1ccc2c(c1)-c1nc-2nc2[nH]c(nc3nc(nc4[n-]c(n1)c1ccccc41)-c1ccccc1-3)c1ccccc21. The number of aromatic amines is 1. The van der Waals surface area contributed by atoms with Gasteiger partial charge in [-0.3, -0.25) is 0 Å². The number of nitrogens with zero attached hydrogens (tertiary/aromatic N) is 7. The Morgan fingerprint density at radius 3 is 1.09 bits per heavy atom. The summed E-state index contributed by atoms with van der Waals surface area (Å²) in [5.41, 5.74) is 6.11. The Kier molecular flexibility index (Phi) is 7.93. The van der Waals surface area contributed by atoms with Gasteiger partial charge in [-0.1, -0.05) is 97.1 Å². The van der Waals surface area contributed by atoms with Crippen LogP contribution in [0.2, 0.25) is 0 Å². The summed E-state index contributed by atoms with van der Waals surface area (Å²) in [6.07, 6.45) is 0. The predicted octanol–water partition coefficient (Wildman–Crippen LogP) is 7.85. The van der Waals surface area contributed by atoms with Crippen molar-refractivity contribution in [2.75, 3.05) is 0 Å². The van der Waals surface area contributed by atoms with Gasteiger partial charge in [0.15, 0.2) is 11.6 Å². The van der Waals surface area contributed by atoms with E-state index in [-0.39, 0.29) is 41.8 Å². The molecule has 0 fully saturated rings. The van der Waals surface area contributed by atoms with Gasteiger partial charge in [-0.05, 0) is 10.8 Å². The molecule has 0 amide bonds. The molecular weight excluding hydrogens is 598 g/mol. The number of H-pyrrole nitrogens is 1. The maximum atomic E-state index is 5.00. The van der Waals surface area contributed by atoms with Gasteiger partial charge in [0.2, 0.25) is 0 Å². The Morgan fingerprint density at radius 1 is 0.386 bits per heavy atom. The zero-order valence-corrected chi connectivity index (χ0v) is 27.5. The molecule has 0 aliphatic carbocycles. The smallest absolute Gasteiger partial charge is 0.163 e. The molecule has 1 N–H and O–H groups in total. The fourth-order valence-electron chi connectivity index (χ4n) is 5.52. The van der Waals surface area contributed by atoms with Crippen molar-refractivity contribution in [1.29, 1.82) is 0 Å². The number of benzene rings is 4. The molecule has 9 rings (SSSR count). The number of hydrogen-bond acceptors (Lipinski definition) is 6. The summed E-state index contributed by atoms with van der Waals surface area (Å²) in [6, 6.07) is 32.0. The van der Waals surface area contributed by atoms with E-state index in [9.17, 15) is 0 Å². The third-order valence-electron chi connectivity index (χ3n) is 7.40. The van der Waals surface area contributed by atoms with Crippen LogP contribution >= 0.6 is 0 Å². The largest absolute Gasteiger partial charge is 0.358 e. The second kappa shape index (κ2) is 11.5. The average Bonchev–Trinajstić information content (AvgIpc) is 3.73. The van der Waals surface area contributed by atoms with Crippen LogP contribution in [0.15, 0.2) is 97.1 Å². The van der Waals surface area contributed by atoms with Gasteiger partial charge >= 0.3 is 0 Å². The van der Waals surface area contributed by atoms with Crippen molar-refractivity contribution in [2.24, 2.45) is 0 Å². The Hall–Kier alpha value is -5.14. The second-order valence-corrected chi connectivity index (χ2v) is 9.73. The van der Waals surface area contributed by atoms with Crippen LogP contribution in [0.1, 0.15) is 0 Å². The summed E-state index contributed by atoms with van der Waals surface area (Å²) in [4.78, 5) is 38.0. The molecule has 2 aliphatic rings. The molecule has 0 spiro atoms. The van der Waals surface area contributed by atoms with Crippen LogP contribution in [-0.2, 0) is 19.5 Å². The Bertz CT molecular complexity index is 2030. The topological polar surface area (TPSA) is 107 Å². The first kappa shape index (κ1) is 30.3. The summed E-state index contributed by atoms with van der Waals surface area (Å²) < 4.78 is 0. The molecule has 212 valence electrons. The fourth-order valence-corrected chi connectivity index (χ4v) is 5.52. The van der Waals surface area contributed by atoms with E-state index in [1.54, 1.807) is 0 Å². The van der Waals surface area contributed by atoms with Gasteiger partial charge in [0.05, 0.1) is 11.6 Å². The summed E-state index contributed by atoms with van der Waals surface area (Å²) in [5.74, 6) is 2.30. The van der Waals surface area contributed by atoms with Gasteiger partial charge in [0.25, 0.3) is 0 Å². The third kappa shape index (κ3) is 4.48. The quantitative estimate of drug-likeness (QED) is 0.135. The molecule has 8 bridgehead atoms. The molecule has 9 heteroatoms. The van der Waals surface area contributed by atoms with Crippen LogP contribution in [0.25, 0.3) is 89.7 Å². The van der Waals surface area contributed by atoms with Gasteiger partial charge in [0, 0.05) is 63.8 Å². The molecule has 7 aromatic rings. The van der Waals surface area contributed by atoms with Crippen molar-refractivity contribution in [2.45, 2.75) is 0 Å². The van der Waals surface area contributed by atoms with Gasteiger partial charge in [0.1, 0.15) is 11.3 Å². The van der Waals surface area contributed by atoms with Crippen LogP contribution in [-0.4, -0.2) is 34.9 Å². The van der Waals surface area contributed by atoms with E-state index in [4.69, 9.17) is 34.9 Å². The van der Waals surface area contributed by atoms with E-state index >= 15 is 0 Å². The van der Waals surface area contributed by atoms with Gasteiger partial charge in [-0.25, -0.2) is 19.9 Å². The standard InChI is InChI=1S/C32H17N8.3CH3.Zn/c1-2-10-18-17(9-1)25-33-26(18)38-28-21-13-5-6-14-22(21)30(35-28)40-32-24-16-8-7-15-23(24)31(36-32)39-29-20-12-4-3-11-19(20)27(34-29)37-25;;;;/h1-16H,(H-,33,34,35,36,37,38,39,40);3*1H3;/q4*-1;. The van der Waals surface area contributed by atoms with E-state index in [1.807, 2.05) is 97.1 Å². The van der Waals surface area contributed by atoms with E-state index in [0.717, 1.165) is 43.8 Å². The summed E-state index contributed by atoms with van der Waals surface area (Å²) in [6.45, 7) is 0. The molecule has 5 heterocycles. The van der Waals surface area contributed by atoms with Crippen molar-refractivity contribution in [1.82, 2.24) is 39.9 Å². The average molecular weight is 624 g/mol. The van der Waals surface area contributed by atoms with Gasteiger partial charge in [-0.2, -0.15) is 0 Å². The Balaban J connectivity index is 0.000000960. The fraction of sp³-hybridized carbons (Fsp3) is 0. The zero-order chi connectivity index (χ0) is 26.2. The zero-order valence-electron chi connectivity index (χ0n) is 24.6. The molecule has 8 nitrogen and oxygen atoms in total. The molecule has 2 aliphatic heterocycles. The molecule has 0 atom stereocenters. The third-order valence-corrected chi connectivity index (χ3v) is 7.40. The molecule has 44 heavy (non-hydrogen) atoms. The predicted molar refractivity (Wildman–Crippen MR) is 174 cm³/mol. The van der Waals surface area contributed by atoms with Gasteiger partial charge < -0.3 is 42.2 Å². The molecule has 4 aromatic carbocycles. The molecule has 0 saturated carbocycles. The molecule has 0 saturated heterocycles. The normalized spacial score (nSPS) is 10.9. The van der Waals surface area contributed by atoms with Crippen LogP contribution in [0, 0.1) is 22.3 Å². The summed E-state index contributed by atoms with van der Waals surface area (Å²) in [5, 5.41) is 3.70. The molecule has 0 unspecified atom stereocenters. The number of aromatic nitrogens is 8. The first-order valence-corrected chi connectivity index (χ1v) is 12.9.